The molecule has 2 heterocycles. The normalized spacial score (nSPS) is 19.4. The highest BCUT2D eigenvalue weighted by molar-refractivity contribution is 5.84. The zero-order valence-electron chi connectivity index (χ0n) is 9.14. The van der Waals surface area contributed by atoms with Crippen LogP contribution in [0, 0.1) is 0 Å². The van der Waals surface area contributed by atoms with Crippen molar-refractivity contribution in [3.8, 4) is 0 Å². The molecule has 1 aliphatic heterocycles. The Hall–Kier alpha value is -1.33. The van der Waals surface area contributed by atoms with E-state index >= 15 is 0 Å². The van der Waals surface area contributed by atoms with Crippen molar-refractivity contribution in [3.63, 3.8) is 0 Å². The second kappa shape index (κ2) is 3.92. The van der Waals surface area contributed by atoms with Crippen molar-refractivity contribution >= 4 is 5.97 Å². The SMILES string of the molecule is CCC1(O)CN(Cc2ccc(C(=O)O)o2)C1. The Balaban J connectivity index is 1.89. The Kier molecular flexibility index (Phi) is 2.73. The summed E-state index contributed by atoms with van der Waals surface area (Å²) in [5, 5.41) is 18.5. The van der Waals surface area contributed by atoms with Crippen molar-refractivity contribution in [1.29, 1.82) is 0 Å². The fraction of sp³-hybridized carbons (Fsp3) is 0.545. The smallest absolute Gasteiger partial charge is 0.371 e. The molecule has 16 heavy (non-hydrogen) atoms. The molecule has 1 aromatic rings. The molecule has 5 nitrogen and oxygen atoms in total. The van der Waals surface area contributed by atoms with Gasteiger partial charge in [0.15, 0.2) is 0 Å². The third kappa shape index (κ3) is 2.10. The molecule has 2 rings (SSSR count). The van der Waals surface area contributed by atoms with Crippen molar-refractivity contribution in [1.82, 2.24) is 4.90 Å². The number of hydrogen-bond acceptors (Lipinski definition) is 4. The quantitative estimate of drug-likeness (QED) is 0.797. The van der Waals surface area contributed by atoms with Gasteiger partial charge in [0.2, 0.25) is 5.76 Å². The van der Waals surface area contributed by atoms with Gasteiger partial charge in [0.25, 0.3) is 0 Å². The number of likely N-dealkylation sites (tertiary alicyclic amines) is 1. The molecule has 88 valence electrons. The predicted octanol–water partition coefficient (Wildman–Crippen LogP) is 0.935. The second-order valence-electron chi connectivity index (χ2n) is 4.29. The fourth-order valence-corrected chi connectivity index (χ4v) is 1.92. The molecule has 0 amide bonds. The van der Waals surface area contributed by atoms with E-state index < -0.39 is 11.6 Å². The Morgan fingerprint density at radius 1 is 1.56 bits per heavy atom. The van der Waals surface area contributed by atoms with Crippen LogP contribution in [0.4, 0.5) is 0 Å². The molecular weight excluding hydrogens is 210 g/mol. The number of hydrogen-bond donors (Lipinski definition) is 2. The summed E-state index contributed by atoms with van der Waals surface area (Å²) in [5.74, 6) is -0.475. The highest BCUT2D eigenvalue weighted by Gasteiger charge is 2.39. The van der Waals surface area contributed by atoms with Crippen LogP contribution in [0.2, 0.25) is 0 Å². The minimum absolute atomic E-state index is 0.0405. The number of aliphatic hydroxyl groups is 1. The van der Waals surface area contributed by atoms with Crippen LogP contribution in [0.3, 0.4) is 0 Å². The number of carboxylic acids is 1. The molecule has 0 aliphatic carbocycles. The number of rotatable bonds is 4. The molecule has 1 fully saturated rings. The van der Waals surface area contributed by atoms with E-state index in [4.69, 9.17) is 9.52 Å². The van der Waals surface area contributed by atoms with Crippen LogP contribution in [0.5, 0.6) is 0 Å². The molecule has 2 N–H and O–H groups in total. The topological polar surface area (TPSA) is 73.9 Å². The first-order valence-corrected chi connectivity index (χ1v) is 5.29. The maximum Gasteiger partial charge on any atom is 0.371 e. The van der Waals surface area contributed by atoms with Crippen molar-refractivity contribution in [2.45, 2.75) is 25.5 Å². The van der Waals surface area contributed by atoms with Crippen LogP contribution < -0.4 is 0 Å². The van der Waals surface area contributed by atoms with Gasteiger partial charge in [-0.15, -0.1) is 0 Å². The highest BCUT2D eigenvalue weighted by atomic mass is 16.4. The van der Waals surface area contributed by atoms with Crippen LogP contribution in [-0.2, 0) is 6.54 Å². The number of nitrogens with zero attached hydrogens (tertiary/aromatic N) is 1. The third-order valence-corrected chi connectivity index (χ3v) is 2.95. The average Bonchev–Trinajstić information content (AvgIpc) is 2.63. The molecule has 0 bridgehead atoms. The number of aromatic carboxylic acids is 1. The van der Waals surface area contributed by atoms with Crippen LogP contribution in [0.15, 0.2) is 16.5 Å². The molecule has 0 atom stereocenters. The Morgan fingerprint density at radius 3 is 2.75 bits per heavy atom. The van der Waals surface area contributed by atoms with E-state index in [0.717, 1.165) is 6.42 Å². The monoisotopic (exact) mass is 225 g/mol. The van der Waals surface area contributed by atoms with Crippen molar-refractivity contribution < 1.29 is 19.4 Å². The van der Waals surface area contributed by atoms with Crippen molar-refractivity contribution in [2.75, 3.05) is 13.1 Å². The molecule has 0 radical (unpaired) electrons. The Morgan fingerprint density at radius 2 is 2.25 bits per heavy atom. The lowest BCUT2D eigenvalue weighted by Gasteiger charge is -2.45. The summed E-state index contributed by atoms with van der Waals surface area (Å²) in [5.41, 5.74) is -0.567. The first kappa shape index (κ1) is 11.2. The van der Waals surface area contributed by atoms with Gasteiger partial charge >= 0.3 is 5.97 Å². The van der Waals surface area contributed by atoms with E-state index in [2.05, 4.69) is 0 Å². The molecular formula is C11H15NO4. The summed E-state index contributed by atoms with van der Waals surface area (Å²) < 4.78 is 5.13. The maximum absolute atomic E-state index is 10.6. The lowest BCUT2D eigenvalue weighted by molar-refractivity contribution is -0.105. The predicted molar refractivity (Wildman–Crippen MR) is 56.2 cm³/mol. The van der Waals surface area contributed by atoms with Gasteiger partial charge in [0, 0.05) is 13.1 Å². The molecule has 1 aliphatic rings. The van der Waals surface area contributed by atoms with E-state index in [9.17, 15) is 9.90 Å². The van der Waals surface area contributed by atoms with Crippen molar-refractivity contribution in [2.24, 2.45) is 0 Å². The summed E-state index contributed by atoms with van der Waals surface area (Å²) in [7, 11) is 0. The summed E-state index contributed by atoms with van der Waals surface area (Å²) >= 11 is 0. The third-order valence-electron chi connectivity index (χ3n) is 2.95. The largest absolute Gasteiger partial charge is 0.475 e. The minimum atomic E-state index is -1.06. The van der Waals surface area contributed by atoms with E-state index in [1.807, 2.05) is 11.8 Å². The van der Waals surface area contributed by atoms with Crippen LogP contribution in [0.1, 0.15) is 29.7 Å². The van der Waals surface area contributed by atoms with E-state index in [1.54, 1.807) is 6.07 Å². The summed E-state index contributed by atoms with van der Waals surface area (Å²) in [4.78, 5) is 12.6. The zero-order chi connectivity index (χ0) is 11.8. The lowest BCUT2D eigenvalue weighted by atomic mass is 9.91. The Labute approximate surface area is 93.3 Å². The van der Waals surface area contributed by atoms with Crippen molar-refractivity contribution in [3.05, 3.63) is 23.7 Å². The van der Waals surface area contributed by atoms with E-state index in [0.29, 0.717) is 25.4 Å². The van der Waals surface area contributed by atoms with Gasteiger partial charge in [0.1, 0.15) is 5.76 Å². The summed E-state index contributed by atoms with van der Waals surface area (Å²) in [6.45, 7) is 3.74. The molecule has 5 heteroatoms. The number of carboxylic acid groups (broad SMARTS) is 1. The van der Waals surface area contributed by atoms with Gasteiger partial charge in [-0.25, -0.2) is 4.79 Å². The molecule has 1 saturated heterocycles. The van der Waals surface area contributed by atoms with Gasteiger partial charge in [-0.3, -0.25) is 4.90 Å². The fourth-order valence-electron chi connectivity index (χ4n) is 1.92. The molecule has 0 spiro atoms. The summed E-state index contributed by atoms with van der Waals surface area (Å²) in [6, 6.07) is 3.11. The Bertz CT molecular complexity index is 392. The van der Waals surface area contributed by atoms with Crippen LogP contribution in [-0.4, -0.2) is 39.8 Å². The van der Waals surface area contributed by atoms with Gasteiger partial charge in [0.05, 0.1) is 12.1 Å². The maximum atomic E-state index is 10.6. The lowest BCUT2D eigenvalue weighted by Crippen LogP contribution is -2.60. The van der Waals surface area contributed by atoms with E-state index in [-0.39, 0.29) is 5.76 Å². The number of β-amino-alcohol motifs (C(OH)–C–C–N with tert-alkyl or cyclic N) is 1. The number of carbonyl (C=O) groups is 1. The van der Waals surface area contributed by atoms with Crippen LogP contribution >= 0.6 is 0 Å². The standard InChI is InChI=1S/C11H15NO4/c1-2-11(15)6-12(7-11)5-8-3-4-9(16-8)10(13)14/h3-4,15H,2,5-7H2,1H3,(H,13,14). The molecule has 1 aromatic heterocycles. The van der Waals surface area contributed by atoms with Crippen LogP contribution in [0.25, 0.3) is 0 Å². The minimum Gasteiger partial charge on any atom is -0.475 e. The summed E-state index contributed by atoms with van der Waals surface area (Å²) in [6.07, 6.45) is 0.738. The average molecular weight is 225 g/mol. The zero-order valence-corrected chi connectivity index (χ0v) is 9.14. The van der Waals surface area contributed by atoms with E-state index in [1.165, 1.54) is 6.07 Å². The van der Waals surface area contributed by atoms with Gasteiger partial charge in [-0.05, 0) is 18.6 Å². The van der Waals surface area contributed by atoms with Gasteiger partial charge in [-0.2, -0.15) is 0 Å². The first-order valence-electron chi connectivity index (χ1n) is 5.29. The van der Waals surface area contributed by atoms with Gasteiger partial charge in [-0.1, -0.05) is 6.92 Å². The number of furan rings is 1. The molecule has 0 unspecified atom stereocenters. The molecule has 0 saturated carbocycles. The first-order chi connectivity index (χ1) is 7.52. The molecule has 0 aromatic carbocycles. The highest BCUT2D eigenvalue weighted by Crippen LogP contribution is 2.26. The van der Waals surface area contributed by atoms with Gasteiger partial charge < -0.3 is 14.6 Å². The second-order valence-corrected chi connectivity index (χ2v) is 4.29.